The summed E-state index contributed by atoms with van der Waals surface area (Å²) in [5.41, 5.74) is 0. The Bertz CT molecular complexity index is 167. The molecule has 1 atom stereocenters. The molecular weight excluding hydrogens is 190 g/mol. The van der Waals surface area contributed by atoms with Gasteiger partial charge in [-0.2, -0.15) is 0 Å². The van der Waals surface area contributed by atoms with Crippen LogP contribution < -0.4 is 0 Å². The fourth-order valence-corrected chi connectivity index (χ4v) is 2.66. The average Bonchev–Trinajstić information content (AvgIpc) is 2.06. The summed E-state index contributed by atoms with van der Waals surface area (Å²) in [6, 6.07) is 0.772. The fraction of sp³-hybridized carbons (Fsp3) is 1.00. The molecule has 0 spiro atoms. The van der Waals surface area contributed by atoms with Crippen molar-refractivity contribution in [1.29, 1.82) is 0 Å². The smallest absolute Gasteiger partial charge is 0.183 e. The molecule has 2 nitrogen and oxygen atoms in total. The van der Waals surface area contributed by atoms with Crippen LogP contribution in [-0.2, 0) is 4.43 Å². The Morgan fingerprint density at radius 3 is 2.57 bits per heavy atom. The third kappa shape index (κ3) is 4.58. The van der Waals surface area contributed by atoms with Gasteiger partial charge in [0.1, 0.15) is 0 Å². The van der Waals surface area contributed by atoms with Crippen molar-refractivity contribution in [2.45, 2.75) is 51.9 Å². The molecule has 0 aromatic carbocycles. The van der Waals surface area contributed by atoms with Crippen LogP contribution in [0.3, 0.4) is 0 Å². The lowest BCUT2D eigenvalue weighted by Crippen LogP contribution is -2.41. The molecule has 84 valence electrons. The number of hydrogen-bond acceptors (Lipinski definition) is 2. The lowest BCUT2D eigenvalue weighted by Gasteiger charge is -2.33. The summed E-state index contributed by atoms with van der Waals surface area (Å²) in [6.07, 6.45) is 4.15. The molecule has 3 heteroatoms. The quantitative estimate of drug-likeness (QED) is 0.669. The first-order valence-electron chi connectivity index (χ1n) is 5.87. The van der Waals surface area contributed by atoms with Crippen molar-refractivity contribution in [3.05, 3.63) is 0 Å². The molecule has 14 heavy (non-hydrogen) atoms. The minimum Gasteiger partial charge on any atom is -0.416 e. The Morgan fingerprint density at radius 1 is 1.29 bits per heavy atom. The first-order valence-corrected chi connectivity index (χ1v) is 9.28. The Hall–Kier alpha value is 0.137. The van der Waals surface area contributed by atoms with Gasteiger partial charge in [-0.05, 0) is 46.0 Å². The van der Waals surface area contributed by atoms with E-state index in [4.69, 9.17) is 4.43 Å². The molecule has 0 aliphatic carbocycles. The van der Waals surface area contributed by atoms with E-state index in [0.29, 0.717) is 0 Å². The maximum atomic E-state index is 5.88. The second kappa shape index (κ2) is 5.28. The lowest BCUT2D eigenvalue weighted by molar-refractivity contribution is 0.131. The molecule has 1 unspecified atom stereocenters. The van der Waals surface area contributed by atoms with Crippen LogP contribution >= 0.6 is 0 Å². The van der Waals surface area contributed by atoms with Crippen LogP contribution in [0.1, 0.15) is 26.2 Å². The highest BCUT2D eigenvalue weighted by Crippen LogP contribution is 2.15. The molecule has 1 fully saturated rings. The topological polar surface area (TPSA) is 12.5 Å². The highest BCUT2D eigenvalue weighted by molar-refractivity contribution is 6.69. The van der Waals surface area contributed by atoms with E-state index in [-0.39, 0.29) is 0 Å². The Balaban J connectivity index is 2.17. The van der Waals surface area contributed by atoms with E-state index in [9.17, 15) is 0 Å². The number of piperidine rings is 1. The third-order valence-corrected chi connectivity index (χ3v) is 3.92. The summed E-state index contributed by atoms with van der Waals surface area (Å²) in [5, 5.41) is 0. The third-order valence-electron chi connectivity index (χ3n) is 2.85. The van der Waals surface area contributed by atoms with Crippen LogP contribution in [0.5, 0.6) is 0 Å². The molecule has 0 bridgehead atoms. The predicted molar refractivity (Wildman–Crippen MR) is 64.2 cm³/mol. The van der Waals surface area contributed by atoms with Crippen molar-refractivity contribution < 1.29 is 4.43 Å². The van der Waals surface area contributed by atoms with E-state index in [0.717, 1.165) is 19.2 Å². The zero-order valence-corrected chi connectivity index (χ0v) is 11.2. The van der Waals surface area contributed by atoms with Crippen LogP contribution in [0.4, 0.5) is 0 Å². The highest BCUT2D eigenvalue weighted by Gasteiger charge is 2.19. The minimum atomic E-state index is -1.29. The molecular formula is C11H25NOSi. The van der Waals surface area contributed by atoms with E-state index in [2.05, 4.69) is 31.5 Å². The van der Waals surface area contributed by atoms with Crippen LogP contribution in [0.15, 0.2) is 0 Å². The fourth-order valence-electron chi connectivity index (χ4n) is 1.96. The van der Waals surface area contributed by atoms with Crippen LogP contribution in [0, 0.1) is 0 Å². The van der Waals surface area contributed by atoms with Gasteiger partial charge in [0.05, 0.1) is 0 Å². The highest BCUT2D eigenvalue weighted by atomic mass is 28.4. The average molecular weight is 215 g/mol. The lowest BCUT2D eigenvalue weighted by atomic mass is 10.0. The maximum absolute atomic E-state index is 5.88. The first-order chi connectivity index (χ1) is 6.49. The van der Waals surface area contributed by atoms with Crippen molar-refractivity contribution >= 4 is 8.32 Å². The molecule has 0 amide bonds. The second-order valence-corrected chi connectivity index (χ2v) is 9.86. The molecule has 1 saturated heterocycles. The Morgan fingerprint density at radius 2 is 2.00 bits per heavy atom. The van der Waals surface area contributed by atoms with Gasteiger partial charge in [-0.1, -0.05) is 6.42 Å². The molecule has 0 aromatic heterocycles. The normalized spacial score (nSPS) is 25.3. The zero-order chi connectivity index (χ0) is 10.6. The van der Waals surface area contributed by atoms with E-state index < -0.39 is 8.32 Å². The molecule has 1 aliphatic rings. The number of likely N-dealkylation sites (tertiary alicyclic amines) is 1. The summed E-state index contributed by atoms with van der Waals surface area (Å²) in [7, 11) is -1.29. The summed E-state index contributed by atoms with van der Waals surface area (Å²) in [4.78, 5) is 2.57. The van der Waals surface area contributed by atoms with Crippen molar-refractivity contribution in [3.63, 3.8) is 0 Å². The van der Waals surface area contributed by atoms with E-state index in [1.165, 1.54) is 25.8 Å². The molecule has 1 rings (SSSR count). The van der Waals surface area contributed by atoms with Gasteiger partial charge in [-0.15, -0.1) is 0 Å². The number of hydrogen-bond donors (Lipinski definition) is 0. The standard InChI is InChI=1S/C11H25NOSi/c1-11-7-5-6-8-12(11)9-10-13-14(2,3)4/h11H,5-10H2,1-4H3. The van der Waals surface area contributed by atoms with Gasteiger partial charge in [-0.25, -0.2) is 0 Å². The molecule has 0 N–H and O–H groups in total. The Labute approximate surface area is 89.8 Å². The second-order valence-electron chi connectivity index (χ2n) is 5.34. The molecule has 1 heterocycles. The zero-order valence-electron chi connectivity index (χ0n) is 10.2. The van der Waals surface area contributed by atoms with Crippen molar-refractivity contribution in [2.75, 3.05) is 19.7 Å². The molecule has 0 aromatic rings. The predicted octanol–water partition coefficient (Wildman–Crippen LogP) is 2.71. The van der Waals surface area contributed by atoms with Crippen molar-refractivity contribution in [2.24, 2.45) is 0 Å². The Kier molecular flexibility index (Phi) is 4.61. The maximum Gasteiger partial charge on any atom is 0.183 e. The van der Waals surface area contributed by atoms with Gasteiger partial charge >= 0.3 is 0 Å². The SMILES string of the molecule is CC1CCCCN1CCO[Si](C)(C)C. The minimum absolute atomic E-state index is 0.772. The van der Waals surface area contributed by atoms with Gasteiger partial charge in [-0.3, -0.25) is 4.90 Å². The summed E-state index contributed by atoms with van der Waals surface area (Å²) in [5.74, 6) is 0. The molecule has 0 radical (unpaired) electrons. The van der Waals surface area contributed by atoms with Gasteiger partial charge in [0, 0.05) is 19.2 Å². The number of nitrogens with zero attached hydrogens (tertiary/aromatic N) is 1. The largest absolute Gasteiger partial charge is 0.416 e. The molecule has 1 aliphatic heterocycles. The summed E-state index contributed by atoms with van der Waals surface area (Å²) >= 11 is 0. The van der Waals surface area contributed by atoms with Crippen LogP contribution in [0.2, 0.25) is 19.6 Å². The van der Waals surface area contributed by atoms with Crippen molar-refractivity contribution in [1.82, 2.24) is 4.90 Å². The van der Waals surface area contributed by atoms with Gasteiger partial charge in [0.2, 0.25) is 0 Å². The van der Waals surface area contributed by atoms with E-state index >= 15 is 0 Å². The van der Waals surface area contributed by atoms with Gasteiger partial charge in [0.15, 0.2) is 8.32 Å². The van der Waals surface area contributed by atoms with E-state index in [1.807, 2.05) is 0 Å². The summed E-state index contributed by atoms with van der Waals surface area (Å²) in [6.45, 7) is 12.4. The molecule has 0 saturated carbocycles. The van der Waals surface area contributed by atoms with E-state index in [1.54, 1.807) is 0 Å². The number of rotatable bonds is 4. The van der Waals surface area contributed by atoms with Gasteiger partial charge in [0.25, 0.3) is 0 Å². The van der Waals surface area contributed by atoms with Gasteiger partial charge < -0.3 is 4.43 Å². The monoisotopic (exact) mass is 215 g/mol. The first kappa shape index (κ1) is 12.2. The summed E-state index contributed by atoms with van der Waals surface area (Å²) < 4.78 is 5.88. The van der Waals surface area contributed by atoms with Crippen LogP contribution in [-0.4, -0.2) is 39.0 Å². The van der Waals surface area contributed by atoms with Crippen molar-refractivity contribution in [3.8, 4) is 0 Å². The van der Waals surface area contributed by atoms with Crippen LogP contribution in [0.25, 0.3) is 0 Å².